The number of hydrogen-bond acceptors (Lipinski definition) is 4. The summed E-state index contributed by atoms with van der Waals surface area (Å²) in [5.41, 5.74) is 1.23. The summed E-state index contributed by atoms with van der Waals surface area (Å²) in [7, 11) is 1.81. The van der Waals surface area contributed by atoms with E-state index in [0.717, 1.165) is 50.7 Å². The number of aliphatic imine (C=N–C) groups is 1. The molecule has 1 aromatic rings. The summed E-state index contributed by atoms with van der Waals surface area (Å²) in [6.07, 6.45) is 1.74. The number of nitrogens with one attached hydrogen (secondary N) is 1. The Morgan fingerprint density at radius 3 is 2.53 bits per heavy atom. The summed E-state index contributed by atoms with van der Waals surface area (Å²) in [5.74, 6) is 2.68. The quantitative estimate of drug-likeness (QED) is 0.438. The van der Waals surface area contributed by atoms with Crippen molar-refractivity contribution < 1.29 is 14.3 Å². The first kappa shape index (κ1) is 22.4. The summed E-state index contributed by atoms with van der Waals surface area (Å²) in [5, 5.41) is 3.40. The predicted octanol–water partition coefficient (Wildman–Crippen LogP) is 2.33. The fraction of sp³-hybridized carbons (Fsp3) is 0.652. The van der Waals surface area contributed by atoms with Gasteiger partial charge >= 0.3 is 0 Å². The molecule has 30 heavy (non-hydrogen) atoms. The number of morpholine rings is 1. The Bertz CT molecular complexity index is 708. The number of ether oxygens (including phenoxy) is 2. The molecular weight excluding hydrogens is 380 g/mol. The van der Waals surface area contributed by atoms with E-state index in [1.807, 2.05) is 24.1 Å². The average Bonchev–Trinajstić information content (AvgIpc) is 2.79. The third kappa shape index (κ3) is 5.88. The van der Waals surface area contributed by atoms with Gasteiger partial charge in [-0.05, 0) is 30.4 Å². The summed E-state index contributed by atoms with van der Waals surface area (Å²) in [6, 6.07) is 8.21. The van der Waals surface area contributed by atoms with Gasteiger partial charge in [0.15, 0.2) is 5.96 Å². The third-order valence-electron chi connectivity index (χ3n) is 5.86. The van der Waals surface area contributed by atoms with Crippen LogP contribution in [0.1, 0.15) is 38.2 Å². The highest BCUT2D eigenvalue weighted by atomic mass is 16.5. The van der Waals surface area contributed by atoms with Crippen LogP contribution in [-0.4, -0.2) is 81.3 Å². The molecule has 7 nitrogen and oxygen atoms in total. The van der Waals surface area contributed by atoms with Crippen LogP contribution >= 0.6 is 0 Å². The Labute approximate surface area is 180 Å². The van der Waals surface area contributed by atoms with Gasteiger partial charge in [-0.25, -0.2) is 0 Å². The Morgan fingerprint density at radius 1 is 1.17 bits per heavy atom. The summed E-state index contributed by atoms with van der Waals surface area (Å²) >= 11 is 0. The highest BCUT2D eigenvalue weighted by Gasteiger charge is 2.30. The van der Waals surface area contributed by atoms with Crippen LogP contribution in [0.3, 0.4) is 0 Å². The maximum absolute atomic E-state index is 12.7. The molecule has 1 amide bonds. The highest BCUT2D eigenvalue weighted by molar-refractivity contribution is 5.81. The van der Waals surface area contributed by atoms with Crippen molar-refractivity contribution >= 4 is 11.9 Å². The van der Waals surface area contributed by atoms with Gasteiger partial charge in [-0.2, -0.15) is 0 Å². The van der Waals surface area contributed by atoms with Gasteiger partial charge in [-0.3, -0.25) is 9.79 Å². The molecule has 1 aromatic carbocycles. The Morgan fingerprint density at radius 2 is 1.87 bits per heavy atom. The minimum atomic E-state index is 0.119. The molecule has 0 aliphatic carbocycles. The molecule has 0 unspecified atom stereocenters. The van der Waals surface area contributed by atoms with Gasteiger partial charge in [0.2, 0.25) is 5.91 Å². The lowest BCUT2D eigenvalue weighted by Crippen LogP contribution is -2.50. The van der Waals surface area contributed by atoms with E-state index in [0.29, 0.717) is 32.3 Å². The standard InChI is InChI=1S/C23H36N4O3/c1-18(2)20-6-4-5-7-21(20)30-15-10-25-23(24-3)27-11-8-19(9-12-27)22(28)26-13-16-29-17-14-26/h4-7,18-19H,8-17H2,1-3H3,(H,24,25). The van der Waals surface area contributed by atoms with Gasteiger partial charge in [0.1, 0.15) is 12.4 Å². The van der Waals surface area contributed by atoms with E-state index in [-0.39, 0.29) is 11.8 Å². The lowest BCUT2D eigenvalue weighted by molar-refractivity contribution is -0.140. The van der Waals surface area contributed by atoms with Crippen molar-refractivity contribution in [3.05, 3.63) is 29.8 Å². The maximum atomic E-state index is 12.7. The average molecular weight is 417 g/mol. The summed E-state index contributed by atoms with van der Waals surface area (Å²) in [6.45, 7) is 10.1. The van der Waals surface area contributed by atoms with Crippen LogP contribution in [0, 0.1) is 5.92 Å². The predicted molar refractivity (Wildman–Crippen MR) is 119 cm³/mol. The molecule has 0 saturated carbocycles. The highest BCUT2D eigenvalue weighted by Crippen LogP contribution is 2.25. The van der Waals surface area contributed by atoms with E-state index in [1.54, 1.807) is 0 Å². The maximum Gasteiger partial charge on any atom is 0.225 e. The first-order valence-electron chi connectivity index (χ1n) is 11.1. The second kappa shape index (κ2) is 11.2. The molecular formula is C23H36N4O3. The van der Waals surface area contributed by atoms with Crippen molar-refractivity contribution in [2.24, 2.45) is 10.9 Å². The third-order valence-corrected chi connectivity index (χ3v) is 5.86. The van der Waals surface area contributed by atoms with E-state index in [1.165, 1.54) is 5.56 Å². The lowest BCUT2D eigenvalue weighted by Gasteiger charge is -2.36. The number of guanidine groups is 1. The van der Waals surface area contributed by atoms with Crippen molar-refractivity contribution in [3.63, 3.8) is 0 Å². The number of amides is 1. The number of likely N-dealkylation sites (tertiary alicyclic amines) is 1. The smallest absolute Gasteiger partial charge is 0.225 e. The molecule has 1 N–H and O–H groups in total. The summed E-state index contributed by atoms with van der Waals surface area (Å²) in [4.78, 5) is 21.3. The fourth-order valence-electron chi connectivity index (χ4n) is 4.13. The van der Waals surface area contributed by atoms with Crippen LogP contribution in [0.2, 0.25) is 0 Å². The van der Waals surface area contributed by atoms with Gasteiger partial charge in [0.25, 0.3) is 0 Å². The van der Waals surface area contributed by atoms with Crippen molar-refractivity contribution in [2.75, 3.05) is 59.6 Å². The van der Waals surface area contributed by atoms with E-state index >= 15 is 0 Å². The van der Waals surface area contributed by atoms with E-state index in [9.17, 15) is 4.79 Å². The van der Waals surface area contributed by atoms with Crippen molar-refractivity contribution in [1.29, 1.82) is 0 Å². The van der Waals surface area contributed by atoms with Crippen LogP contribution < -0.4 is 10.1 Å². The molecule has 0 radical (unpaired) electrons. The first-order chi connectivity index (χ1) is 14.6. The first-order valence-corrected chi connectivity index (χ1v) is 11.1. The normalized spacial score (nSPS) is 18.6. The minimum Gasteiger partial charge on any atom is -0.491 e. The molecule has 2 fully saturated rings. The number of hydrogen-bond donors (Lipinski definition) is 1. The molecule has 2 aliphatic rings. The second-order valence-electron chi connectivity index (χ2n) is 8.21. The number of benzene rings is 1. The van der Waals surface area contributed by atoms with Gasteiger partial charge in [-0.1, -0.05) is 32.0 Å². The van der Waals surface area contributed by atoms with Crippen LogP contribution in [0.15, 0.2) is 29.3 Å². The van der Waals surface area contributed by atoms with Crippen molar-refractivity contribution in [3.8, 4) is 5.75 Å². The van der Waals surface area contributed by atoms with Crippen LogP contribution in [-0.2, 0) is 9.53 Å². The van der Waals surface area contributed by atoms with Crippen molar-refractivity contribution in [1.82, 2.24) is 15.1 Å². The molecule has 2 aliphatic heterocycles. The largest absolute Gasteiger partial charge is 0.491 e. The molecule has 0 aromatic heterocycles. The van der Waals surface area contributed by atoms with E-state index in [4.69, 9.17) is 9.47 Å². The van der Waals surface area contributed by atoms with E-state index in [2.05, 4.69) is 41.2 Å². The van der Waals surface area contributed by atoms with Crippen LogP contribution in [0.5, 0.6) is 5.75 Å². The van der Waals surface area contributed by atoms with Crippen molar-refractivity contribution in [2.45, 2.75) is 32.6 Å². The Hall–Kier alpha value is -2.28. The summed E-state index contributed by atoms with van der Waals surface area (Å²) < 4.78 is 11.4. The molecule has 2 heterocycles. The molecule has 2 saturated heterocycles. The molecule has 0 spiro atoms. The zero-order valence-electron chi connectivity index (χ0n) is 18.6. The van der Waals surface area contributed by atoms with Crippen LogP contribution in [0.4, 0.5) is 0 Å². The molecule has 7 heteroatoms. The fourth-order valence-corrected chi connectivity index (χ4v) is 4.13. The number of nitrogens with zero attached hydrogens (tertiary/aromatic N) is 3. The zero-order chi connectivity index (χ0) is 21.3. The second-order valence-corrected chi connectivity index (χ2v) is 8.21. The molecule has 0 atom stereocenters. The number of rotatable bonds is 6. The molecule has 166 valence electrons. The van der Waals surface area contributed by atoms with E-state index < -0.39 is 0 Å². The van der Waals surface area contributed by atoms with Gasteiger partial charge in [0.05, 0.1) is 19.8 Å². The zero-order valence-corrected chi connectivity index (χ0v) is 18.6. The van der Waals surface area contributed by atoms with Gasteiger partial charge in [-0.15, -0.1) is 0 Å². The van der Waals surface area contributed by atoms with Crippen LogP contribution in [0.25, 0.3) is 0 Å². The Balaban J connectivity index is 1.41. The molecule has 0 bridgehead atoms. The topological polar surface area (TPSA) is 66.4 Å². The number of carbonyl (C=O) groups is 1. The molecule has 3 rings (SSSR count). The minimum absolute atomic E-state index is 0.119. The number of para-hydroxylation sites is 1. The Kier molecular flexibility index (Phi) is 8.37. The monoisotopic (exact) mass is 416 g/mol. The SMILES string of the molecule is CN=C(NCCOc1ccccc1C(C)C)N1CCC(C(=O)N2CCOCC2)CC1. The number of piperidine rings is 1. The lowest BCUT2D eigenvalue weighted by atomic mass is 9.95. The number of carbonyl (C=O) groups excluding carboxylic acids is 1. The van der Waals surface area contributed by atoms with Gasteiger partial charge < -0.3 is 24.6 Å². The van der Waals surface area contributed by atoms with Gasteiger partial charge in [0, 0.05) is 39.1 Å².